The van der Waals surface area contributed by atoms with Gasteiger partial charge in [-0.05, 0) is 26.0 Å². The van der Waals surface area contributed by atoms with E-state index in [1.54, 1.807) is 0 Å². The largest absolute Gasteiger partial charge is 0.495 e. The minimum absolute atomic E-state index is 0.00844. The fourth-order valence-electron chi connectivity index (χ4n) is 2.54. The van der Waals surface area contributed by atoms with Crippen LogP contribution in [0.2, 0.25) is 0 Å². The van der Waals surface area contributed by atoms with Crippen molar-refractivity contribution in [3.05, 3.63) is 41.6 Å². The molecule has 0 unspecified atom stereocenters. The van der Waals surface area contributed by atoms with Crippen molar-refractivity contribution in [2.24, 2.45) is 0 Å². The zero-order valence-corrected chi connectivity index (χ0v) is 15.3. The number of sulfone groups is 1. The number of nitrogens with zero attached hydrogens (tertiary/aromatic N) is 2. The van der Waals surface area contributed by atoms with Crippen molar-refractivity contribution in [2.45, 2.75) is 24.8 Å². The van der Waals surface area contributed by atoms with E-state index >= 15 is 0 Å². The van der Waals surface area contributed by atoms with E-state index in [2.05, 4.69) is 11.7 Å². The van der Waals surface area contributed by atoms with Crippen molar-refractivity contribution >= 4 is 21.7 Å². The maximum absolute atomic E-state index is 12.8. The predicted molar refractivity (Wildman–Crippen MR) is 93.9 cm³/mol. The lowest BCUT2D eigenvalue weighted by molar-refractivity contribution is 0.103. The lowest BCUT2D eigenvalue weighted by Gasteiger charge is -2.14. The highest BCUT2D eigenvalue weighted by atomic mass is 32.2. The Hall–Kier alpha value is -2.61. The average Bonchev–Trinajstić information content (AvgIpc) is 2.93. The summed E-state index contributed by atoms with van der Waals surface area (Å²) < 4.78 is 30.4. The maximum atomic E-state index is 12.8. The molecule has 25 heavy (non-hydrogen) atoms. The molecular formula is C17H20N2O5S. The van der Waals surface area contributed by atoms with Crippen molar-refractivity contribution in [2.75, 3.05) is 13.4 Å². The number of methoxy groups -OCH3 is 1. The molecule has 0 saturated carbocycles. The summed E-state index contributed by atoms with van der Waals surface area (Å²) in [6, 6.07) is 2.56. The Morgan fingerprint density at radius 1 is 1.36 bits per heavy atom. The third-order valence-electron chi connectivity index (χ3n) is 3.71. The van der Waals surface area contributed by atoms with Gasteiger partial charge in [0.1, 0.15) is 11.3 Å². The van der Waals surface area contributed by atoms with Crippen molar-refractivity contribution in [1.29, 1.82) is 0 Å². The van der Waals surface area contributed by atoms with E-state index in [1.165, 1.54) is 36.2 Å². The lowest BCUT2D eigenvalue weighted by Crippen LogP contribution is -2.09. The van der Waals surface area contributed by atoms with Crippen LogP contribution in [-0.4, -0.2) is 42.5 Å². The van der Waals surface area contributed by atoms with Crippen LogP contribution in [0.5, 0.6) is 11.6 Å². The van der Waals surface area contributed by atoms with Gasteiger partial charge in [-0.25, -0.2) is 13.1 Å². The first-order valence-corrected chi connectivity index (χ1v) is 9.37. The van der Waals surface area contributed by atoms with Gasteiger partial charge in [0.05, 0.1) is 29.8 Å². The van der Waals surface area contributed by atoms with Gasteiger partial charge >= 0.3 is 0 Å². The van der Waals surface area contributed by atoms with Crippen LogP contribution in [0.15, 0.2) is 29.8 Å². The Balaban J connectivity index is 2.68. The second-order valence-corrected chi connectivity index (χ2v) is 7.77. The Kier molecular flexibility index (Phi) is 5.03. The van der Waals surface area contributed by atoms with Crippen molar-refractivity contribution in [1.82, 2.24) is 9.78 Å². The molecule has 2 aromatic rings. The van der Waals surface area contributed by atoms with Gasteiger partial charge in [0.2, 0.25) is 11.7 Å². The Morgan fingerprint density at radius 3 is 2.44 bits per heavy atom. The lowest BCUT2D eigenvalue weighted by atomic mass is 10.0. The Bertz CT molecular complexity index is 942. The van der Waals surface area contributed by atoms with Gasteiger partial charge in [-0.2, -0.15) is 5.10 Å². The van der Waals surface area contributed by atoms with Crippen LogP contribution in [0.25, 0.3) is 6.08 Å². The number of carbonyl (C=O) groups excluding carboxylic acids is 1. The standard InChI is InChI=1S/C17H20N2O5S/c1-6-11-14(25(5,22)23)8-7-12(16(11)24-4)15(20)13-9-18-19(10(2)3)17(13)21/h6-10,21H,1H2,2-5H3. The minimum atomic E-state index is -3.53. The zero-order chi connectivity index (χ0) is 18.9. The number of aromatic hydroxyl groups is 1. The number of ether oxygens (including phenoxy) is 1. The topological polar surface area (TPSA) is 98.5 Å². The predicted octanol–water partition coefficient (Wildman–Crippen LogP) is 2.46. The van der Waals surface area contributed by atoms with Crippen molar-refractivity contribution in [3.8, 4) is 11.6 Å². The third-order valence-corrected chi connectivity index (χ3v) is 4.87. The molecule has 0 saturated heterocycles. The molecular weight excluding hydrogens is 344 g/mol. The first-order chi connectivity index (χ1) is 11.6. The molecule has 0 aliphatic carbocycles. The van der Waals surface area contributed by atoms with E-state index < -0.39 is 15.6 Å². The summed E-state index contributed by atoms with van der Waals surface area (Å²) in [6.07, 6.45) is 3.66. The molecule has 1 heterocycles. The molecule has 0 amide bonds. The number of hydrogen-bond acceptors (Lipinski definition) is 6. The van der Waals surface area contributed by atoms with Crippen LogP contribution in [0.3, 0.4) is 0 Å². The monoisotopic (exact) mass is 364 g/mol. The molecule has 0 aliphatic rings. The number of ketones is 1. The molecule has 1 N–H and O–H groups in total. The molecule has 7 nitrogen and oxygen atoms in total. The summed E-state index contributed by atoms with van der Waals surface area (Å²) in [5.41, 5.74) is 0.323. The molecule has 0 spiro atoms. The number of aromatic nitrogens is 2. The van der Waals surface area contributed by atoms with Gasteiger partial charge in [0, 0.05) is 11.8 Å². The van der Waals surface area contributed by atoms with E-state index in [-0.39, 0.29) is 39.3 Å². The molecule has 0 bridgehead atoms. The highest BCUT2D eigenvalue weighted by molar-refractivity contribution is 7.90. The molecule has 0 aliphatic heterocycles. The molecule has 1 aromatic heterocycles. The van der Waals surface area contributed by atoms with E-state index in [0.717, 1.165) is 6.26 Å². The van der Waals surface area contributed by atoms with Crippen molar-refractivity contribution in [3.63, 3.8) is 0 Å². The number of rotatable bonds is 6. The van der Waals surface area contributed by atoms with Crippen LogP contribution >= 0.6 is 0 Å². The second kappa shape index (κ2) is 6.72. The molecule has 8 heteroatoms. The first-order valence-electron chi connectivity index (χ1n) is 7.48. The van der Waals surface area contributed by atoms with Crippen molar-refractivity contribution < 1.29 is 23.1 Å². The zero-order valence-electron chi connectivity index (χ0n) is 14.5. The van der Waals surface area contributed by atoms with E-state index in [1.807, 2.05) is 13.8 Å². The summed E-state index contributed by atoms with van der Waals surface area (Å²) in [5, 5.41) is 14.2. The van der Waals surface area contributed by atoms with E-state index in [9.17, 15) is 18.3 Å². The van der Waals surface area contributed by atoms with Gasteiger partial charge in [-0.1, -0.05) is 12.7 Å². The van der Waals surface area contributed by atoms with Gasteiger partial charge in [0.25, 0.3) is 0 Å². The highest BCUT2D eigenvalue weighted by Gasteiger charge is 2.26. The van der Waals surface area contributed by atoms with Gasteiger partial charge < -0.3 is 9.84 Å². The molecule has 0 fully saturated rings. The number of benzene rings is 1. The fourth-order valence-corrected chi connectivity index (χ4v) is 3.43. The quantitative estimate of drug-likeness (QED) is 0.791. The van der Waals surface area contributed by atoms with Gasteiger partial charge in [-0.15, -0.1) is 0 Å². The Labute approximate surface area is 146 Å². The van der Waals surface area contributed by atoms with Gasteiger partial charge in [0.15, 0.2) is 9.84 Å². The van der Waals surface area contributed by atoms with Crippen LogP contribution in [0, 0.1) is 0 Å². The molecule has 2 rings (SSSR count). The van der Waals surface area contributed by atoms with Gasteiger partial charge in [-0.3, -0.25) is 4.79 Å². The van der Waals surface area contributed by atoms with Crippen LogP contribution in [0.1, 0.15) is 41.4 Å². The molecule has 0 radical (unpaired) electrons. The SMILES string of the molecule is C=Cc1c(S(C)(=O)=O)ccc(C(=O)c2cnn(C(C)C)c2O)c1OC. The average molecular weight is 364 g/mol. The highest BCUT2D eigenvalue weighted by Crippen LogP contribution is 2.34. The minimum Gasteiger partial charge on any atom is -0.495 e. The maximum Gasteiger partial charge on any atom is 0.221 e. The summed E-state index contributed by atoms with van der Waals surface area (Å²) in [7, 11) is -2.19. The Morgan fingerprint density at radius 2 is 2.00 bits per heavy atom. The van der Waals surface area contributed by atoms with Crippen LogP contribution in [0.4, 0.5) is 0 Å². The smallest absolute Gasteiger partial charge is 0.221 e. The fraction of sp³-hybridized carbons (Fsp3) is 0.294. The summed E-state index contributed by atoms with van der Waals surface area (Å²) in [4.78, 5) is 12.8. The number of hydrogen-bond donors (Lipinski definition) is 1. The third kappa shape index (κ3) is 3.30. The molecule has 0 atom stereocenters. The molecule has 134 valence electrons. The molecule has 1 aromatic carbocycles. The summed E-state index contributed by atoms with van der Waals surface area (Å²) in [5.74, 6) is -0.696. The van der Waals surface area contributed by atoms with Crippen LogP contribution in [-0.2, 0) is 9.84 Å². The normalized spacial score (nSPS) is 11.6. The van der Waals surface area contributed by atoms with Crippen LogP contribution < -0.4 is 4.74 Å². The summed E-state index contributed by atoms with van der Waals surface area (Å²) in [6.45, 7) is 7.25. The van der Waals surface area contributed by atoms with E-state index in [4.69, 9.17) is 4.74 Å². The second-order valence-electron chi connectivity index (χ2n) is 5.78. The summed E-state index contributed by atoms with van der Waals surface area (Å²) >= 11 is 0. The first kappa shape index (κ1) is 18.7. The number of carbonyl (C=O) groups is 1. The van der Waals surface area contributed by atoms with E-state index in [0.29, 0.717) is 0 Å².